The number of nitrogens with one attached hydrogen (secondary N) is 1. The van der Waals surface area contributed by atoms with Crippen LogP contribution < -0.4 is 5.32 Å². The minimum absolute atomic E-state index is 0.0317. The molecule has 1 aromatic heterocycles. The third-order valence-corrected chi connectivity index (χ3v) is 3.47. The molecule has 0 spiro atoms. The Morgan fingerprint density at radius 2 is 2.17 bits per heavy atom. The minimum atomic E-state index is -4.07. The van der Waals surface area contributed by atoms with E-state index in [0.717, 1.165) is 0 Å². The molecule has 0 amide bonds. The summed E-state index contributed by atoms with van der Waals surface area (Å²) in [5, 5.41) is 5.27. The lowest BCUT2D eigenvalue weighted by molar-refractivity contribution is -0.137. The van der Waals surface area contributed by atoms with E-state index in [1.165, 1.54) is 4.88 Å². The van der Waals surface area contributed by atoms with Gasteiger partial charge in [-0.15, -0.1) is 11.3 Å². The van der Waals surface area contributed by atoms with Gasteiger partial charge < -0.3 is 10.1 Å². The number of alkyl halides is 3. The Morgan fingerprint density at radius 1 is 1.39 bits per heavy atom. The molecule has 18 heavy (non-hydrogen) atoms. The summed E-state index contributed by atoms with van der Waals surface area (Å²) >= 11 is 1.68. The second kappa shape index (κ2) is 7.76. The van der Waals surface area contributed by atoms with Crippen LogP contribution in [0.4, 0.5) is 13.2 Å². The molecular weight excluding hydrogens is 263 g/mol. The molecule has 0 saturated heterocycles. The molecule has 1 heterocycles. The van der Waals surface area contributed by atoms with E-state index >= 15 is 0 Å². The van der Waals surface area contributed by atoms with Gasteiger partial charge in [-0.2, -0.15) is 13.2 Å². The molecule has 0 aliphatic heterocycles. The third kappa shape index (κ3) is 6.98. The van der Waals surface area contributed by atoms with Gasteiger partial charge in [0, 0.05) is 30.5 Å². The van der Waals surface area contributed by atoms with Gasteiger partial charge in [-0.05, 0) is 24.8 Å². The maximum atomic E-state index is 11.8. The summed E-state index contributed by atoms with van der Waals surface area (Å²) in [5.41, 5.74) is 0. The summed E-state index contributed by atoms with van der Waals surface area (Å²) in [7, 11) is 0. The fraction of sp³-hybridized carbons (Fsp3) is 0.667. The number of hydrogen-bond acceptors (Lipinski definition) is 3. The van der Waals surface area contributed by atoms with Crippen molar-refractivity contribution in [2.45, 2.75) is 32.0 Å². The van der Waals surface area contributed by atoms with Crippen molar-refractivity contribution >= 4 is 11.3 Å². The molecule has 1 rings (SSSR count). The van der Waals surface area contributed by atoms with Crippen LogP contribution in [0.3, 0.4) is 0 Å². The second-order valence-corrected chi connectivity index (χ2v) is 5.00. The molecule has 1 unspecified atom stereocenters. The molecule has 0 radical (unpaired) electrons. The van der Waals surface area contributed by atoms with E-state index in [1.54, 1.807) is 11.3 Å². The number of ether oxygens (including phenoxy) is 1. The van der Waals surface area contributed by atoms with Crippen LogP contribution in [0.2, 0.25) is 0 Å². The van der Waals surface area contributed by atoms with E-state index in [4.69, 9.17) is 4.74 Å². The van der Waals surface area contributed by atoms with Crippen molar-refractivity contribution < 1.29 is 17.9 Å². The average molecular weight is 281 g/mol. The van der Waals surface area contributed by atoms with Crippen LogP contribution in [0.15, 0.2) is 17.5 Å². The zero-order valence-corrected chi connectivity index (χ0v) is 11.1. The Labute approximate surface area is 109 Å². The molecule has 0 aliphatic rings. The van der Waals surface area contributed by atoms with Crippen LogP contribution in [0.5, 0.6) is 0 Å². The van der Waals surface area contributed by atoms with Crippen molar-refractivity contribution in [2.75, 3.05) is 19.8 Å². The highest BCUT2D eigenvalue weighted by atomic mass is 32.1. The molecule has 0 fully saturated rings. The number of halogens is 3. The highest BCUT2D eigenvalue weighted by molar-refractivity contribution is 7.10. The fourth-order valence-corrected chi connectivity index (χ4v) is 2.22. The average Bonchev–Trinajstić information content (AvgIpc) is 2.79. The Hall–Kier alpha value is -0.590. The molecule has 0 aliphatic carbocycles. The molecule has 2 nitrogen and oxygen atoms in total. The first-order valence-corrected chi connectivity index (χ1v) is 6.78. The van der Waals surface area contributed by atoms with Crippen molar-refractivity contribution in [2.24, 2.45) is 0 Å². The summed E-state index contributed by atoms with van der Waals surface area (Å²) in [6, 6.07) is 4.29. The van der Waals surface area contributed by atoms with Gasteiger partial charge in [0.15, 0.2) is 0 Å². The monoisotopic (exact) mass is 281 g/mol. The lowest BCUT2D eigenvalue weighted by Crippen LogP contribution is -2.23. The van der Waals surface area contributed by atoms with Gasteiger partial charge in [0.2, 0.25) is 0 Å². The van der Waals surface area contributed by atoms with Crippen molar-refractivity contribution in [3.05, 3.63) is 22.4 Å². The largest absolute Gasteiger partial charge is 0.389 e. The maximum Gasteiger partial charge on any atom is 0.389 e. The van der Waals surface area contributed by atoms with Crippen molar-refractivity contribution in [1.29, 1.82) is 0 Å². The standard InChI is InChI=1S/C12H18F3NOS/c1-10(11-4-2-9-18-11)16-6-8-17-7-3-5-12(13,14)15/h2,4,9-10,16H,3,5-8H2,1H3. The van der Waals surface area contributed by atoms with E-state index < -0.39 is 12.6 Å². The van der Waals surface area contributed by atoms with Gasteiger partial charge in [0.1, 0.15) is 0 Å². The smallest absolute Gasteiger partial charge is 0.380 e. The topological polar surface area (TPSA) is 21.3 Å². The van der Waals surface area contributed by atoms with Crippen LogP contribution in [-0.4, -0.2) is 25.9 Å². The van der Waals surface area contributed by atoms with Crippen LogP contribution in [0, 0.1) is 0 Å². The van der Waals surface area contributed by atoms with Gasteiger partial charge in [-0.25, -0.2) is 0 Å². The molecule has 0 aromatic carbocycles. The Bertz CT molecular complexity index is 314. The van der Waals surface area contributed by atoms with E-state index in [1.807, 2.05) is 17.5 Å². The number of rotatable bonds is 8. The van der Waals surface area contributed by atoms with Crippen LogP contribution in [-0.2, 0) is 4.74 Å². The summed E-state index contributed by atoms with van der Waals surface area (Å²) in [6.07, 6.45) is -4.81. The van der Waals surface area contributed by atoms with Crippen molar-refractivity contribution in [3.8, 4) is 0 Å². The van der Waals surface area contributed by atoms with Crippen molar-refractivity contribution in [3.63, 3.8) is 0 Å². The highest BCUT2D eigenvalue weighted by Crippen LogP contribution is 2.21. The number of hydrogen-bond donors (Lipinski definition) is 1. The molecule has 6 heteroatoms. The quantitative estimate of drug-likeness (QED) is 0.733. The SMILES string of the molecule is CC(NCCOCCCC(F)(F)F)c1cccs1. The van der Waals surface area contributed by atoms with E-state index in [9.17, 15) is 13.2 Å². The summed E-state index contributed by atoms with van der Waals surface area (Å²) in [5.74, 6) is 0. The van der Waals surface area contributed by atoms with Gasteiger partial charge >= 0.3 is 6.18 Å². The second-order valence-electron chi connectivity index (χ2n) is 4.02. The summed E-state index contributed by atoms with van der Waals surface area (Å²) < 4.78 is 40.6. The summed E-state index contributed by atoms with van der Waals surface area (Å²) in [6.45, 7) is 3.29. The predicted octanol–water partition coefficient (Wildman–Crippen LogP) is 3.76. The first kappa shape index (κ1) is 15.5. The Kier molecular flexibility index (Phi) is 6.67. The van der Waals surface area contributed by atoms with Gasteiger partial charge in [0.25, 0.3) is 0 Å². The molecule has 104 valence electrons. The lowest BCUT2D eigenvalue weighted by atomic mass is 10.3. The van der Waals surface area contributed by atoms with Gasteiger partial charge in [-0.3, -0.25) is 0 Å². The zero-order chi connectivity index (χ0) is 13.4. The molecule has 0 bridgehead atoms. The maximum absolute atomic E-state index is 11.8. The number of thiophene rings is 1. The molecular formula is C12H18F3NOS. The Morgan fingerprint density at radius 3 is 2.78 bits per heavy atom. The van der Waals surface area contributed by atoms with E-state index in [0.29, 0.717) is 13.2 Å². The van der Waals surface area contributed by atoms with Gasteiger partial charge in [0.05, 0.1) is 6.61 Å². The molecule has 1 atom stereocenters. The normalized spacial score (nSPS) is 13.8. The van der Waals surface area contributed by atoms with Crippen LogP contribution in [0.25, 0.3) is 0 Å². The first-order chi connectivity index (χ1) is 8.49. The molecule has 1 N–H and O–H groups in total. The fourth-order valence-electron chi connectivity index (χ4n) is 1.46. The van der Waals surface area contributed by atoms with Crippen LogP contribution in [0.1, 0.15) is 30.7 Å². The molecule has 0 saturated carbocycles. The predicted molar refractivity (Wildman–Crippen MR) is 66.8 cm³/mol. The van der Waals surface area contributed by atoms with E-state index in [2.05, 4.69) is 12.2 Å². The van der Waals surface area contributed by atoms with Crippen molar-refractivity contribution in [1.82, 2.24) is 5.32 Å². The summed E-state index contributed by atoms with van der Waals surface area (Å²) in [4.78, 5) is 1.24. The lowest BCUT2D eigenvalue weighted by Gasteiger charge is -2.12. The third-order valence-electron chi connectivity index (χ3n) is 2.42. The van der Waals surface area contributed by atoms with E-state index in [-0.39, 0.29) is 19.1 Å². The van der Waals surface area contributed by atoms with Gasteiger partial charge in [-0.1, -0.05) is 6.07 Å². The molecule has 1 aromatic rings. The highest BCUT2D eigenvalue weighted by Gasteiger charge is 2.25. The first-order valence-electron chi connectivity index (χ1n) is 5.90. The van der Waals surface area contributed by atoms with Crippen LogP contribution >= 0.6 is 11.3 Å². The minimum Gasteiger partial charge on any atom is -0.380 e. The zero-order valence-electron chi connectivity index (χ0n) is 10.3. The Balaban J connectivity index is 1.96.